The second-order valence-corrected chi connectivity index (χ2v) is 7.06. The highest BCUT2D eigenvalue weighted by molar-refractivity contribution is 7.89. The van der Waals surface area contributed by atoms with E-state index in [1.54, 1.807) is 0 Å². The highest BCUT2D eigenvalue weighted by Gasteiger charge is 2.33. The number of rotatable bonds is 6. The number of sulfonamides is 1. The van der Waals surface area contributed by atoms with Gasteiger partial charge in [-0.1, -0.05) is 13.8 Å². The molecule has 1 rings (SSSR count). The molecule has 1 saturated heterocycles. The average molecular weight is 264 g/mol. The topological polar surface area (TPSA) is 81.4 Å². The van der Waals surface area contributed by atoms with E-state index in [0.717, 1.165) is 12.8 Å². The highest BCUT2D eigenvalue weighted by Crippen LogP contribution is 2.18. The lowest BCUT2D eigenvalue weighted by Gasteiger charge is -2.33. The van der Waals surface area contributed by atoms with Gasteiger partial charge in [0.05, 0.1) is 11.9 Å². The maximum atomic E-state index is 12.0. The van der Waals surface area contributed by atoms with Gasteiger partial charge in [0, 0.05) is 18.7 Å². The molecule has 0 amide bonds. The zero-order valence-corrected chi connectivity index (χ0v) is 11.7. The lowest BCUT2D eigenvalue weighted by Crippen LogP contribution is -2.56. The number of nitrogens with one attached hydrogen (secondary N) is 1. The minimum atomic E-state index is -3.33. The van der Waals surface area contributed by atoms with Crippen LogP contribution < -0.4 is 10.5 Å². The van der Waals surface area contributed by atoms with Gasteiger partial charge < -0.3 is 10.5 Å². The van der Waals surface area contributed by atoms with E-state index in [9.17, 15) is 8.42 Å². The monoisotopic (exact) mass is 264 g/mol. The lowest BCUT2D eigenvalue weighted by molar-refractivity contribution is 0.127. The summed E-state index contributed by atoms with van der Waals surface area (Å²) in [4.78, 5) is 0. The molecule has 0 aromatic rings. The van der Waals surface area contributed by atoms with Crippen molar-refractivity contribution in [2.75, 3.05) is 18.9 Å². The summed E-state index contributed by atoms with van der Waals surface area (Å²) < 4.78 is 32.1. The molecule has 0 saturated carbocycles. The summed E-state index contributed by atoms with van der Waals surface area (Å²) in [6.45, 7) is 6.71. The van der Waals surface area contributed by atoms with Crippen LogP contribution in [0.5, 0.6) is 0 Å². The molecule has 1 fully saturated rings. The Bertz CT molecular complexity index is 337. The SMILES string of the molecule is CC(C)C(C)(CN)NS(=O)(=O)CC1CCCO1. The number of nitrogens with two attached hydrogens (primary N) is 1. The van der Waals surface area contributed by atoms with Crippen LogP contribution in [-0.4, -0.2) is 39.0 Å². The second kappa shape index (κ2) is 5.65. The average Bonchev–Trinajstić information content (AvgIpc) is 2.68. The molecule has 102 valence electrons. The Kier molecular flexibility index (Phi) is 4.95. The normalized spacial score (nSPS) is 25.1. The van der Waals surface area contributed by atoms with Crippen molar-refractivity contribution in [2.45, 2.75) is 45.3 Å². The molecule has 5 nitrogen and oxygen atoms in total. The fourth-order valence-corrected chi connectivity index (χ4v) is 3.68. The summed E-state index contributed by atoms with van der Waals surface area (Å²) in [5, 5.41) is 0. The third kappa shape index (κ3) is 4.21. The van der Waals surface area contributed by atoms with E-state index >= 15 is 0 Å². The van der Waals surface area contributed by atoms with Crippen LogP contribution in [0.1, 0.15) is 33.6 Å². The Balaban J connectivity index is 2.64. The zero-order valence-electron chi connectivity index (χ0n) is 10.9. The smallest absolute Gasteiger partial charge is 0.214 e. The van der Waals surface area contributed by atoms with Gasteiger partial charge >= 0.3 is 0 Å². The van der Waals surface area contributed by atoms with Crippen LogP contribution >= 0.6 is 0 Å². The number of ether oxygens (including phenoxy) is 1. The Labute approximate surface area is 104 Å². The van der Waals surface area contributed by atoms with E-state index in [4.69, 9.17) is 10.5 Å². The minimum Gasteiger partial charge on any atom is -0.377 e. The van der Waals surface area contributed by atoms with Crippen LogP contribution in [-0.2, 0) is 14.8 Å². The zero-order chi connectivity index (χ0) is 13.1. The molecule has 0 bridgehead atoms. The summed E-state index contributed by atoms with van der Waals surface area (Å²) in [5.41, 5.74) is 5.08. The third-order valence-electron chi connectivity index (χ3n) is 3.52. The molecule has 6 heteroatoms. The fraction of sp³-hybridized carbons (Fsp3) is 1.00. The van der Waals surface area contributed by atoms with Crippen LogP contribution in [0.2, 0.25) is 0 Å². The highest BCUT2D eigenvalue weighted by atomic mass is 32.2. The molecule has 0 radical (unpaired) electrons. The van der Waals surface area contributed by atoms with E-state index in [1.165, 1.54) is 0 Å². The van der Waals surface area contributed by atoms with Gasteiger partial charge in [0.2, 0.25) is 10.0 Å². The minimum absolute atomic E-state index is 0.0370. The summed E-state index contributed by atoms with van der Waals surface area (Å²) in [6.07, 6.45) is 1.60. The van der Waals surface area contributed by atoms with Crippen LogP contribution in [0, 0.1) is 5.92 Å². The van der Waals surface area contributed by atoms with E-state index in [0.29, 0.717) is 6.61 Å². The van der Waals surface area contributed by atoms with Gasteiger partial charge in [-0.15, -0.1) is 0 Å². The van der Waals surface area contributed by atoms with Crippen LogP contribution in [0.4, 0.5) is 0 Å². The molecule has 1 aliphatic rings. The summed E-state index contributed by atoms with van der Waals surface area (Å²) in [6, 6.07) is 0. The Morgan fingerprint density at radius 2 is 2.18 bits per heavy atom. The van der Waals surface area contributed by atoms with Gasteiger partial charge in [0.25, 0.3) is 0 Å². The lowest BCUT2D eigenvalue weighted by atomic mass is 9.90. The van der Waals surface area contributed by atoms with Gasteiger partial charge in [0.15, 0.2) is 0 Å². The molecule has 2 unspecified atom stereocenters. The number of hydrogen-bond donors (Lipinski definition) is 2. The van der Waals surface area contributed by atoms with Crippen molar-refractivity contribution in [1.29, 1.82) is 0 Å². The summed E-state index contributed by atoms with van der Waals surface area (Å²) >= 11 is 0. The predicted octanol–water partition coefficient (Wildman–Crippen LogP) is 0.458. The molecule has 0 aliphatic carbocycles. The van der Waals surface area contributed by atoms with E-state index in [2.05, 4.69) is 4.72 Å². The maximum absolute atomic E-state index is 12.0. The van der Waals surface area contributed by atoms with Crippen LogP contribution in [0.15, 0.2) is 0 Å². The van der Waals surface area contributed by atoms with Gasteiger partial charge in [-0.3, -0.25) is 0 Å². The van der Waals surface area contributed by atoms with Crippen LogP contribution in [0.3, 0.4) is 0 Å². The van der Waals surface area contributed by atoms with E-state index < -0.39 is 15.6 Å². The van der Waals surface area contributed by atoms with E-state index in [-0.39, 0.29) is 24.3 Å². The third-order valence-corrected chi connectivity index (χ3v) is 5.10. The Morgan fingerprint density at radius 1 is 1.53 bits per heavy atom. The molecule has 1 aliphatic heterocycles. The molecule has 17 heavy (non-hydrogen) atoms. The van der Waals surface area contributed by atoms with Crippen molar-refractivity contribution in [3.63, 3.8) is 0 Å². The van der Waals surface area contributed by atoms with Gasteiger partial charge in [-0.05, 0) is 25.7 Å². The molecule has 0 aromatic heterocycles. The van der Waals surface area contributed by atoms with Crippen molar-refractivity contribution < 1.29 is 13.2 Å². The van der Waals surface area contributed by atoms with Gasteiger partial charge in [-0.25, -0.2) is 13.1 Å². The van der Waals surface area contributed by atoms with Crippen molar-refractivity contribution in [3.05, 3.63) is 0 Å². The Morgan fingerprint density at radius 3 is 2.59 bits per heavy atom. The number of hydrogen-bond acceptors (Lipinski definition) is 4. The summed E-state index contributed by atoms with van der Waals surface area (Å²) in [7, 11) is -3.33. The van der Waals surface area contributed by atoms with Gasteiger partial charge in [-0.2, -0.15) is 0 Å². The molecule has 3 N–H and O–H groups in total. The molecule has 1 heterocycles. The summed E-state index contributed by atoms with van der Waals surface area (Å²) in [5.74, 6) is 0.182. The van der Waals surface area contributed by atoms with Crippen molar-refractivity contribution >= 4 is 10.0 Å². The first kappa shape index (κ1) is 14.9. The van der Waals surface area contributed by atoms with Crippen molar-refractivity contribution in [2.24, 2.45) is 11.7 Å². The second-order valence-electron chi connectivity index (χ2n) is 5.29. The van der Waals surface area contributed by atoms with Crippen molar-refractivity contribution in [1.82, 2.24) is 4.72 Å². The largest absolute Gasteiger partial charge is 0.377 e. The first-order valence-electron chi connectivity index (χ1n) is 6.12. The quantitative estimate of drug-likeness (QED) is 0.730. The van der Waals surface area contributed by atoms with Crippen LogP contribution in [0.25, 0.3) is 0 Å². The molecule has 0 aromatic carbocycles. The molecule has 0 spiro atoms. The standard InChI is InChI=1S/C11H24N2O3S/c1-9(2)11(3,8-12)13-17(14,15)7-10-5-4-6-16-10/h9-10,13H,4-8,12H2,1-3H3. The molecule has 2 atom stereocenters. The molecular weight excluding hydrogens is 240 g/mol. The maximum Gasteiger partial charge on any atom is 0.214 e. The first-order chi connectivity index (χ1) is 7.79. The van der Waals surface area contributed by atoms with Gasteiger partial charge in [0.1, 0.15) is 0 Å². The van der Waals surface area contributed by atoms with Crippen molar-refractivity contribution in [3.8, 4) is 0 Å². The fourth-order valence-electron chi connectivity index (χ4n) is 1.81. The Hall–Kier alpha value is -0.170. The first-order valence-corrected chi connectivity index (χ1v) is 7.77. The predicted molar refractivity (Wildman–Crippen MR) is 68.2 cm³/mol. The molecular formula is C11H24N2O3S. The van der Waals surface area contributed by atoms with E-state index in [1.807, 2.05) is 20.8 Å².